The van der Waals surface area contributed by atoms with E-state index >= 15 is 0 Å². The zero-order valence-corrected chi connectivity index (χ0v) is 56.3. The molecule has 17 N–H and O–H groups in total. The lowest BCUT2D eigenvalue weighted by molar-refractivity contribution is -0.371. The number of Topliss-reactive ketones (excluding diaryl/α,β-unsaturated/α-hetero) is 1. The van der Waals surface area contributed by atoms with Crippen molar-refractivity contribution in [3.63, 3.8) is 0 Å². The molecule has 5 amide bonds. The van der Waals surface area contributed by atoms with Gasteiger partial charge in [-0.3, -0.25) is 56.9 Å². The second-order valence-corrected chi connectivity index (χ2v) is 27.1. The number of phosphoric acid groups is 1. The Labute approximate surface area is 582 Å². The zero-order chi connectivity index (χ0) is 75.1. The van der Waals surface area contributed by atoms with Crippen LogP contribution in [0.15, 0.2) is 17.1 Å². The lowest BCUT2D eigenvalue weighted by Gasteiger charge is -2.47. The van der Waals surface area contributed by atoms with Crippen molar-refractivity contribution in [2.75, 3.05) is 64.7 Å². The Morgan fingerprint density at radius 3 is 2.21 bits per heavy atom. The van der Waals surface area contributed by atoms with Gasteiger partial charge >= 0.3 is 11.7 Å². The Bertz CT molecular complexity index is 3150. The zero-order valence-electron chi connectivity index (χ0n) is 54.6. The highest BCUT2D eigenvalue weighted by atomic mass is 32.2. The topological polar surface area (TPSA) is 648 Å². The molecule has 6 heterocycles. The molecule has 6 fully saturated rings. The second kappa shape index (κ2) is 37.8. The number of nitrogens with zero attached hydrogens (tertiary/aromatic N) is 3. The number of thioether (sulfide) groups is 1. The molecule has 7 rings (SSSR count). The number of anilines is 1. The number of aliphatic hydroxyl groups is 11. The van der Waals surface area contributed by atoms with Crippen LogP contribution in [0.3, 0.4) is 0 Å². The number of aliphatic hydroxyl groups excluding tert-OH is 11. The van der Waals surface area contributed by atoms with E-state index in [1.165, 1.54) is 7.11 Å². The maximum atomic E-state index is 13.2. The molecule has 43 nitrogen and oxygen atoms in total. The first kappa shape index (κ1) is 83.3. The Morgan fingerprint density at radius 1 is 0.853 bits per heavy atom. The number of carboxylic acids is 1. The first-order valence-corrected chi connectivity index (χ1v) is 34.5. The van der Waals surface area contributed by atoms with Crippen LogP contribution in [0.25, 0.3) is 0 Å². The maximum absolute atomic E-state index is 13.2. The van der Waals surface area contributed by atoms with Gasteiger partial charge in [-0.15, -0.1) is 11.8 Å². The summed E-state index contributed by atoms with van der Waals surface area (Å²) >= 11 is 1.07. The van der Waals surface area contributed by atoms with Crippen molar-refractivity contribution >= 4 is 79.6 Å². The highest BCUT2D eigenvalue weighted by molar-refractivity contribution is 8.00. The third-order valence-corrected chi connectivity index (χ3v) is 19.7. The van der Waals surface area contributed by atoms with E-state index in [4.69, 9.17) is 62.1 Å². The highest BCUT2D eigenvalue weighted by Gasteiger charge is 2.58. The Morgan fingerprint density at radius 2 is 1.55 bits per heavy atom. The van der Waals surface area contributed by atoms with Crippen LogP contribution in [0.5, 0.6) is 0 Å². The molecule has 576 valence electrons. The van der Waals surface area contributed by atoms with Gasteiger partial charge in [0.25, 0.3) is 26.6 Å². The summed E-state index contributed by atoms with van der Waals surface area (Å²) < 4.78 is 78.7. The molecular formula is C57H85N7O36PS-. The highest BCUT2D eigenvalue weighted by Crippen LogP contribution is 2.50. The van der Waals surface area contributed by atoms with Crippen molar-refractivity contribution in [1.82, 2.24) is 30.4 Å². The van der Waals surface area contributed by atoms with Gasteiger partial charge in [-0.2, -0.15) is 4.98 Å². The Hall–Kier alpha value is -5.99. The van der Waals surface area contributed by atoms with Gasteiger partial charge < -0.3 is 140 Å². The van der Waals surface area contributed by atoms with Crippen LogP contribution in [0.2, 0.25) is 0 Å². The minimum absolute atomic E-state index is 0.0261. The normalized spacial score (nSPS) is 35.3. The molecule has 0 spiro atoms. The summed E-state index contributed by atoms with van der Waals surface area (Å²) in [5.41, 5.74) is 4.45. The Balaban J connectivity index is 0.797. The number of carboxylic acid groups (broad SMARTS) is 1. The number of carbonyl (C=O) groups excluding carboxylic acids is 8. The van der Waals surface area contributed by atoms with E-state index in [1.54, 1.807) is 0 Å². The van der Waals surface area contributed by atoms with Gasteiger partial charge in [-0.05, 0) is 24.7 Å². The van der Waals surface area contributed by atoms with E-state index in [1.807, 2.05) is 0 Å². The number of nitrogens with two attached hydrogens (primary N) is 1. The van der Waals surface area contributed by atoms with Crippen molar-refractivity contribution in [2.24, 2.45) is 5.92 Å². The molecule has 0 bridgehead atoms. The molecule has 1 aromatic heterocycles. The van der Waals surface area contributed by atoms with Crippen molar-refractivity contribution in [1.29, 1.82) is 0 Å². The first-order chi connectivity index (χ1) is 48.3. The van der Waals surface area contributed by atoms with Crippen LogP contribution < -0.4 is 32.3 Å². The summed E-state index contributed by atoms with van der Waals surface area (Å²) in [4.78, 5) is 143. The molecule has 26 atom stereocenters. The summed E-state index contributed by atoms with van der Waals surface area (Å²) in [7, 11) is -4.73. The number of hydrogen-bond acceptors (Lipinski definition) is 38. The van der Waals surface area contributed by atoms with Crippen LogP contribution in [-0.2, 0) is 104 Å². The van der Waals surface area contributed by atoms with Gasteiger partial charge in [-0.1, -0.05) is 0 Å². The number of ketones is 1. The van der Waals surface area contributed by atoms with Crippen LogP contribution >= 0.6 is 19.6 Å². The maximum Gasteiger partial charge on any atom is 0.364 e. The number of ether oxygens (including phenoxy) is 10. The number of rotatable bonds is 38. The number of likely N-dealkylation sites (tertiary alicyclic amines) is 1. The number of imide groups is 1. The van der Waals surface area contributed by atoms with Crippen molar-refractivity contribution < 1.29 is 170 Å². The molecule has 102 heavy (non-hydrogen) atoms. The molecule has 10 unspecified atom stereocenters. The van der Waals surface area contributed by atoms with E-state index in [0.29, 0.717) is 0 Å². The SMILES string of the molecule is CO[C@@H]1C(OC=O)C[C@@H](O[C@H]2CC(NC(C)=O)[C@@H](O[C@@H]3C(OC=O)O[C@@H](OCCNC(=O)CCCN4C(=O)CC(SCCCC(=O)NCC(=O)C[C@H]5C([C@H](O)[C@H](O)CO)O[C@](OP(=O)([O-])OC[C@H]6O[C@@H](n7ccc(N)nc7=O)C(O)[C@H]6O)(C(=O)O)C[C@H]5O)C4=O)C(O)[C@H]3O)OC2CO)C(O)[C@H]1O. The monoisotopic (exact) mass is 1510 g/mol. The van der Waals surface area contributed by atoms with Crippen LogP contribution in [0.4, 0.5) is 5.82 Å². The minimum atomic E-state index is -5.97. The van der Waals surface area contributed by atoms with Gasteiger partial charge in [0.2, 0.25) is 35.8 Å². The van der Waals surface area contributed by atoms with Crippen molar-refractivity contribution in [2.45, 2.75) is 211 Å². The van der Waals surface area contributed by atoms with Crippen LogP contribution in [-0.4, -0.2) is 329 Å². The fourth-order valence-electron chi connectivity index (χ4n) is 12.3. The summed E-state index contributed by atoms with van der Waals surface area (Å²) in [5.74, 6) is -11.1. The van der Waals surface area contributed by atoms with Crippen LogP contribution in [0.1, 0.15) is 70.9 Å². The van der Waals surface area contributed by atoms with E-state index in [9.17, 15) is 119 Å². The number of carbonyl (C=O) groups is 9. The van der Waals surface area contributed by atoms with Gasteiger partial charge in [0.15, 0.2) is 30.7 Å². The summed E-state index contributed by atoms with van der Waals surface area (Å²) in [6.07, 6.45) is -37.3. The largest absolute Gasteiger partial charge is 0.756 e. The quantitative estimate of drug-likeness (QED) is 0.0127. The van der Waals surface area contributed by atoms with Crippen molar-refractivity contribution in [3.05, 3.63) is 22.7 Å². The molecule has 1 aromatic rings. The summed E-state index contributed by atoms with van der Waals surface area (Å²) in [6.45, 7) is -3.31. The average molecular weight is 1510 g/mol. The number of nitrogen functional groups attached to an aromatic ring is 1. The molecule has 5 saturated heterocycles. The van der Waals surface area contributed by atoms with Gasteiger partial charge in [0, 0.05) is 84.2 Å². The second-order valence-electron chi connectivity index (χ2n) is 24.5. The number of hydrogen-bond donors (Lipinski definition) is 16. The third kappa shape index (κ3) is 21.2. The molecule has 6 aliphatic rings. The number of phosphoric ester groups is 1. The van der Waals surface area contributed by atoms with Gasteiger partial charge in [0.1, 0.15) is 79.1 Å². The number of amides is 5. The van der Waals surface area contributed by atoms with E-state index < -0.39 is 246 Å². The van der Waals surface area contributed by atoms with E-state index in [0.717, 1.165) is 40.4 Å². The van der Waals surface area contributed by atoms with Gasteiger partial charge in [-0.25, -0.2) is 9.59 Å². The third-order valence-electron chi connectivity index (χ3n) is 17.4. The molecule has 1 saturated carbocycles. The first-order valence-electron chi connectivity index (χ1n) is 32.0. The summed E-state index contributed by atoms with van der Waals surface area (Å²) in [6, 6.07) is 0.00651. The Kier molecular flexibility index (Phi) is 30.9. The molecule has 0 aromatic carbocycles. The number of nitrogens with one attached hydrogen (secondary N) is 3. The molecule has 45 heteroatoms. The smallest absolute Gasteiger partial charge is 0.364 e. The average Bonchev–Trinajstić information content (AvgIpc) is 0.996. The predicted octanol–water partition coefficient (Wildman–Crippen LogP) is -10.2. The fraction of sp³-hybridized carbons (Fsp3) is 0.772. The summed E-state index contributed by atoms with van der Waals surface area (Å²) in [5, 5.41) is 134. The van der Waals surface area contributed by atoms with Crippen LogP contribution in [0, 0.1) is 5.92 Å². The van der Waals surface area contributed by atoms with Crippen molar-refractivity contribution in [3.8, 4) is 0 Å². The lowest BCUT2D eigenvalue weighted by atomic mass is 9.80. The number of methoxy groups -OCH3 is 1. The molecule has 0 radical (unpaired) electrons. The van der Waals surface area contributed by atoms with E-state index in [2.05, 4.69) is 20.9 Å². The molecular weight excluding hydrogens is 1420 g/mol. The predicted molar refractivity (Wildman–Crippen MR) is 327 cm³/mol. The number of aromatic nitrogens is 2. The standard InChI is InChI=1S/C57H86N7O36PS/c1-24(69)61-27-14-30(94-31-15-32(91-22-67)48(89-2)43(79)41(31)77)33(20-66)96-52(27)97-49-44(80)46(82)53(98-54(49)92-23-68)90-11-8-59-37(73)5-3-9-63-39(75)16-35(50(63)83)102-12-4-6-38(74)60-18-25(70)13-26-28(71)17-57(55(84)85,99-47(26)40(76)29(72)19-65)100-101(87,88)93-21-34-42(78)45(81)51(95-34)64-10-7-36(58)62-56(64)86/h7,10,22-23,26-35,40-49,51-54,65-66,71-72,76-82H,3-6,8-9,11-21H2,1-2H3,(H,59,73)(H,60,74)(H,61,69)(H,84,85)(H,87,88)(H2,58,62,86)/p-1/t26-,27?,28-,29-,30+,31-,32?,33?,34-,35?,40-,41?,42+,43-,44-,45?,46?,47?,48-,49+,51-,52-,53-,54?,57-/m1/s1. The molecule has 5 aliphatic heterocycles. The van der Waals surface area contributed by atoms with E-state index in [-0.39, 0.29) is 89.2 Å². The fourth-order valence-corrected chi connectivity index (χ4v) is 14.3. The lowest BCUT2D eigenvalue weighted by Crippen LogP contribution is -2.64. The number of aliphatic carboxylic acids is 1. The molecule has 1 aliphatic carbocycles. The minimum Gasteiger partial charge on any atom is -0.756 e. The van der Waals surface area contributed by atoms with Gasteiger partial charge in [0.05, 0.1) is 68.7 Å².